The molecule has 2 N–H and O–H groups in total. The first kappa shape index (κ1) is 14.8. The van der Waals surface area contributed by atoms with E-state index < -0.39 is 0 Å². The Kier molecular flexibility index (Phi) is 6.15. The highest BCUT2D eigenvalue weighted by molar-refractivity contribution is 5.94. The van der Waals surface area contributed by atoms with Gasteiger partial charge in [-0.25, -0.2) is 0 Å². The summed E-state index contributed by atoms with van der Waals surface area (Å²) >= 11 is 0. The summed E-state index contributed by atoms with van der Waals surface area (Å²) in [6, 6.07) is 9.14. The van der Waals surface area contributed by atoms with E-state index in [1.54, 1.807) is 29.2 Å². The van der Waals surface area contributed by atoms with Gasteiger partial charge in [0.1, 0.15) is 0 Å². The summed E-state index contributed by atoms with van der Waals surface area (Å²) < 4.78 is 0. The van der Waals surface area contributed by atoms with Crippen LogP contribution in [0.5, 0.6) is 0 Å². The fourth-order valence-electron chi connectivity index (χ4n) is 1.62. The minimum atomic E-state index is -0.0592. The van der Waals surface area contributed by atoms with Gasteiger partial charge in [-0.3, -0.25) is 4.79 Å². The molecule has 4 nitrogen and oxygen atoms in total. The highest BCUT2D eigenvalue weighted by Crippen LogP contribution is 2.07. The van der Waals surface area contributed by atoms with Gasteiger partial charge in [-0.1, -0.05) is 11.8 Å². The maximum Gasteiger partial charge on any atom is 0.253 e. The van der Waals surface area contributed by atoms with Crippen molar-refractivity contribution in [1.82, 2.24) is 4.90 Å². The number of carbonyl (C=O) groups is 1. The van der Waals surface area contributed by atoms with Gasteiger partial charge in [0, 0.05) is 24.2 Å². The van der Waals surface area contributed by atoms with Crippen LogP contribution in [0.25, 0.3) is 0 Å². The standard InChI is InChI=1S/C15H17N3O/c1-2-18(12-4-11-17)15(19)14-8-6-13(7-9-14)5-3-10-16/h6-9H,2,4,10,12,16H2,1H3. The number of rotatable bonds is 4. The van der Waals surface area contributed by atoms with E-state index in [9.17, 15) is 4.79 Å². The summed E-state index contributed by atoms with van der Waals surface area (Å²) in [5, 5.41) is 8.57. The van der Waals surface area contributed by atoms with Gasteiger partial charge in [0.2, 0.25) is 0 Å². The van der Waals surface area contributed by atoms with E-state index in [-0.39, 0.29) is 5.91 Å². The highest BCUT2D eigenvalue weighted by Gasteiger charge is 2.13. The van der Waals surface area contributed by atoms with Crippen LogP contribution >= 0.6 is 0 Å². The molecule has 0 heterocycles. The summed E-state index contributed by atoms with van der Waals surface area (Å²) in [5.74, 6) is 5.61. The molecule has 19 heavy (non-hydrogen) atoms. The van der Waals surface area contributed by atoms with Crippen LogP contribution in [-0.2, 0) is 0 Å². The number of nitrogens with two attached hydrogens (primary N) is 1. The van der Waals surface area contributed by atoms with Gasteiger partial charge in [-0.15, -0.1) is 0 Å². The SMILES string of the molecule is CCN(CCC#N)C(=O)c1ccc(C#CCN)cc1. The van der Waals surface area contributed by atoms with Gasteiger partial charge in [0.25, 0.3) is 5.91 Å². The monoisotopic (exact) mass is 255 g/mol. The van der Waals surface area contributed by atoms with Crippen molar-refractivity contribution in [3.05, 3.63) is 35.4 Å². The molecule has 1 aromatic carbocycles. The smallest absolute Gasteiger partial charge is 0.253 e. The summed E-state index contributed by atoms with van der Waals surface area (Å²) in [4.78, 5) is 13.8. The van der Waals surface area contributed by atoms with E-state index in [2.05, 4.69) is 11.8 Å². The second-order valence-corrected chi connectivity index (χ2v) is 3.88. The van der Waals surface area contributed by atoms with Gasteiger partial charge in [0.15, 0.2) is 0 Å². The molecule has 0 aliphatic heterocycles. The average molecular weight is 255 g/mol. The molecule has 1 amide bonds. The first-order valence-electron chi connectivity index (χ1n) is 6.18. The van der Waals surface area contributed by atoms with Crippen molar-refractivity contribution in [2.75, 3.05) is 19.6 Å². The molecule has 0 aliphatic carbocycles. The fourth-order valence-corrected chi connectivity index (χ4v) is 1.62. The fraction of sp³-hybridized carbons (Fsp3) is 0.333. The lowest BCUT2D eigenvalue weighted by Crippen LogP contribution is -2.31. The van der Waals surface area contributed by atoms with Crippen LogP contribution in [-0.4, -0.2) is 30.4 Å². The largest absolute Gasteiger partial charge is 0.338 e. The molecule has 0 aliphatic rings. The second kappa shape index (κ2) is 7.92. The van der Waals surface area contributed by atoms with Crippen LogP contribution in [0, 0.1) is 23.2 Å². The van der Waals surface area contributed by atoms with Crippen molar-refractivity contribution < 1.29 is 4.79 Å². The lowest BCUT2D eigenvalue weighted by atomic mass is 10.1. The minimum Gasteiger partial charge on any atom is -0.338 e. The van der Waals surface area contributed by atoms with Crippen LogP contribution < -0.4 is 5.73 Å². The van der Waals surface area contributed by atoms with E-state index in [0.717, 1.165) is 5.56 Å². The van der Waals surface area contributed by atoms with Crippen molar-refractivity contribution in [3.8, 4) is 17.9 Å². The average Bonchev–Trinajstić information content (AvgIpc) is 2.46. The molecule has 4 heteroatoms. The Balaban J connectivity index is 2.79. The normalized spacial score (nSPS) is 9.11. The third kappa shape index (κ3) is 4.46. The van der Waals surface area contributed by atoms with Crippen molar-refractivity contribution in [3.63, 3.8) is 0 Å². The molecule has 98 valence electrons. The van der Waals surface area contributed by atoms with Crippen LogP contribution in [0.2, 0.25) is 0 Å². The Morgan fingerprint density at radius 3 is 2.58 bits per heavy atom. The summed E-state index contributed by atoms with van der Waals surface area (Å²) in [7, 11) is 0. The zero-order valence-electron chi connectivity index (χ0n) is 11.0. The number of nitriles is 1. The third-order valence-electron chi connectivity index (χ3n) is 2.63. The highest BCUT2D eigenvalue weighted by atomic mass is 16.2. The molecular formula is C15H17N3O. The van der Waals surface area contributed by atoms with Crippen LogP contribution in [0.4, 0.5) is 0 Å². The van der Waals surface area contributed by atoms with E-state index in [4.69, 9.17) is 11.0 Å². The van der Waals surface area contributed by atoms with Crippen LogP contribution in [0.3, 0.4) is 0 Å². The topological polar surface area (TPSA) is 70.1 Å². The minimum absolute atomic E-state index is 0.0592. The van der Waals surface area contributed by atoms with Gasteiger partial charge >= 0.3 is 0 Å². The van der Waals surface area contributed by atoms with Gasteiger partial charge in [0.05, 0.1) is 19.0 Å². The van der Waals surface area contributed by atoms with Crippen molar-refractivity contribution in [1.29, 1.82) is 5.26 Å². The lowest BCUT2D eigenvalue weighted by molar-refractivity contribution is 0.0768. The second-order valence-electron chi connectivity index (χ2n) is 3.88. The number of amides is 1. The molecule has 0 bridgehead atoms. The Morgan fingerprint density at radius 2 is 2.05 bits per heavy atom. The zero-order valence-corrected chi connectivity index (χ0v) is 11.0. The molecular weight excluding hydrogens is 238 g/mol. The Bertz CT molecular complexity index is 517. The lowest BCUT2D eigenvalue weighted by Gasteiger charge is -2.19. The number of hydrogen-bond donors (Lipinski definition) is 1. The van der Waals surface area contributed by atoms with Crippen LogP contribution in [0.1, 0.15) is 29.3 Å². The zero-order chi connectivity index (χ0) is 14.1. The van der Waals surface area contributed by atoms with Crippen molar-refractivity contribution >= 4 is 5.91 Å². The molecule has 0 fully saturated rings. The Morgan fingerprint density at radius 1 is 1.37 bits per heavy atom. The number of carbonyl (C=O) groups excluding carboxylic acids is 1. The first-order chi connectivity index (χ1) is 9.22. The van der Waals surface area contributed by atoms with E-state index >= 15 is 0 Å². The quantitative estimate of drug-likeness (QED) is 0.826. The van der Waals surface area contributed by atoms with Gasteiger partial charge < -0.3 is 10.6 Å². The molecule has 0 spiro atoms. The Labute approximate surface area is 113 Å². The summed E-state index contributed by atoms with van der Waals surface area (Å²) in [6.07, 6.45) is 0.347. The summed E-state index contributed by atoms with van der Waals surface area (Å²) in [6.45, 7) is 3.27. The molecule has 0 unspecified atom stereocenters. The summed E-state index contributed by atoms with van der Waals surface area (Å²) in [5.41, 5.74) is 6.74. The maximum absolute atomic E-state index is 12.2. The molecule has 1 aromatic rings. The molecule has 1 rings (SSSR count). The van der Waals surface area contributed by atoms with Gasteiger partial charge in [-0.2, -0.15) is 5.26 Å². The molecule has 0 atom stereocenters. The maximum atomic E-state index is 12.2. The number of hydrogen-bond acceptors (Lipinski definition) is 3. The van der Waals surface area contributed by atoms with Crippen LogP contribution in [0.15, 0.2) is 24.3 Å². The van der Waals surface area contributed by atoms with Crippen molar-refractivity contribution in [2.24, 2.45) is 5.73 Å². The predicted molar refractivity (Wildman–Crippen MR) is 74.2 cm³/mol. The predicted octanol–water partition coefficient (Wildman–Crippen LogP) is 1.37. The van der Waals surface area contributed by atoms with Crippen molar-refractivity contribution in [2.45, 2.75) is 13.3 Å². The third-order valence-corrected chi connectivity index (χ3v) is 2.63. The molecule has 0 radical (unpaired) electrons. The van der Waals surface area contributed by atoms with E-state index in [1.807, 2.05) is 13.0 Å². The van der Waals surface area contributed by atoms with Gasteiger partial charge in [-0.05, 0) is 31.2 Å². The number of benzene rings is 1. The van der Waals surface area contributed by atoms with E-state index in [0.29, 0.717) is 31.6 Å². The first-order valence-corrected chi connectivity index (χ1v) is 6.18. The Hall–Kier alpha value is -2.30. The molecule has 0 aromatic heterocycles. The molecule has 0 saturated heterocycles. The molecule has 0 saturated carbocycles. The number of nitrogens with zero attached hydrogens (tertiary/aromatic N) is 2. The van der Waals surface area contributed by atoms with E-state index in [1.165, 1.54) is 0 Å².